The zero-order chi connectivity index (χ0) is 22.1. The topological polar surface area (TPSA) is 72.3 Å². The Kier molecular flexibility index (Phi) is 5.85. The average molecular weight is 452 g/mol. The predicted octanol–water partition coefficient (Wildman–Crippen LogP) is 4.02. The minimum atomic E-state index is -0.160. The molecule has 1 aliphatic carbocycles. The minimum Gasteiger partial charge on any atom is -0.489 e. The number of halogens is 1. The van der Waals surface area contributed by atoms with Crippen LogP contribution in [0, 0.1) is 0 Å². The second-order valence-electron chi connectivity index (χ2n) is 8.57. The van der Waals surface area contributed by atoms with Crippen LogP contribution in [0.5, 0.6) is 5.75 Å². The zero-order valence-electron chi connectivity index (χ0n) is 17.9. The summed E-state index contributed by atoms with van der Waals surface area (Å²) in [7, 11) is 0. The molecule has 2 fully saturated rings. The van der Waals surface area contributed by atoms with Crippen molar-refractivity contribution in [1.29, 1.82) is 0 Å². The van der Waals surface area contributed by atoms with E-state index in [1.807, 2.05) is 48.5 Å². The van der Waals surface area contributed by atoms with Crippen LogP contribution in [-0.4, -0.2) is 44.9 Å². The number of carbonyl (C=O) groups excluding carboxylic acids is 1. The van der Waals surface area contributed by atoms with Gasteiger partial charge in [-0.15, -0.1) is 5.10 Å². The number of amides is 1. The maximum absolute atomic E-state index is 12.4. The molecule has 0 spiro atoms. The number of carbonyl (C=O) groups is 1. The summed E-state index contributed by atoms with van der Waals surface area (Å²) in [6.45, 7) is 4.18. The molecule has 5 rings (SSSR count). The van der Waals surface area contributed by atoms with Gasteiger partial charge in [-0.1, -0.05) is 53.2 Å². The Morgan fingerprint density at radius 3 is 2.72 bits per heavy atom. The standard InChI is InChI=1S/C24H26ClN5O2/c1-16(21-10-9-20(11-22(21)25)32-15-17-5-3-2-4-6-17)29-12-18(13-29)26-24(31)23-14-30(28-27-23)19-7-8-19/h2-6,9-11,14,16,18-19H,7-8,12-13,15H2,1H3,(H,26,31). The summed E-state index contributed by atoms with van der Waals surface area (Å²) in [6, 6.07) is 16.6. The Bertz CT molecular complexity index is 1090. The maximum atomic E-state index is 12.4. The van der Waals surface area contributed by atoms with E-state index >= 15 is 0 Å². The smallest absolute Gasteiger partial charge is 0.273 e. The van der Waals surface area contributed by atoms with E-state index in [9.17, 15) is 4.79 Å². The molecule has 1 saturated carbocycles. The maximum Gasteiger partial charge on any atom is 0.273 e. The van der Waals surface area contributed by atoms with Crippen LogP contribution in [0.4, 0.5) is 0 Å². The highest BCUT2D eigenvalue weighted by Crippen LogP contribution is 2.34. The number of benzene rings is 2. The second kappa shape index (κ2) is 8.92. The third-order valence-corrected chi connectivity index (χ3v) is 6.45. The van der Waals surface area contributed by atoms with Crippen LogP contribution in [0.1, 0.15) is 53.5 Å². The molecule has 1 aromatic heterocycles. The number of nitrogens with zero attached hydrogens (tertiary/aromatic N) is 4. The fourth-order valence-corrected chi connectivity index (χ4v) is 4.28. The van der Waals surface area contributed by atoms with Crippen LogP contribution < -0.4 is 10.1 Å². The van der Waals surface area contributed by atoms with E-state index in [4.69, 9.17) is 16.3 Å². The molecule has 1 saturated heterocycles. The lowest BCUT2D eigenvalue weighted by Crippen LogP contribution is -2.59. The molecular weight excluding hydrogens is 426 g/mol. The van der Waals surface area contributed by atoms with Gasteiger partial charge in [-0.3, -0.25) is 9.69 Å². The zero-order valence-corrected chi connectivity index (χ0v) is 18.7. The summed E-state index contributed by atoms with van der Waals surface area (Å²) in [4.78, 5) is 14.7. The van der Waals surface area contributed by atoms with E-state index in [0.29, 0.717) is 23.4 Å². The molecular formula is C24H26ClN5O2. The lowest BCUT2D eigenvalue weighted by atomic mass is 10.00. The summed E-state index contributed by atoms with van der Waals surface area (Å²) in [5.74, 6) is 0.593. The molecule has 166 valence electrons. The molecule has 7 nitrogen and oxygen atoms in total. The number of hydrogen-bond acceptors (Lipinski definition) is 5. The monoisotopic (exact) mass is 451 g/mol. The normalized spacial score (nSPS) is 17.6. The van der Waals surface area contributed by atoms with Crippen LogP contribution in [0.15, 0.2) is 54.7 Å². The summed E-state index contributed by atoms with van der Waals surface area (Å²) in [5.41, 5.74) is 2.55. The molecule has 1 unspecified atom stereocenters. The number of likely N-dealkylation sites (tertiary alicyclic amines) is 1. The van der Waals surface area contributed by atoms with Gasteiger partial charge in [0, 0.05) is 24.2 Å². The van der Waals surface area contributed by atoms with Crippen LogP contribution in [0.25, 0.3) is 0 Å². The van der Waals surface area contributed by atoms with E-state index in [1.165, 1.54) is 0 Å². The lowest BCUT2D eigenvalue weighted by molar-refractivity contribution is 0.0672. The summed E-state index contributed by atoms with van der Waals surface area (Å²) in [5, 5.41) is 11.8. The van der Waals surface area contributed by atoms with Crippen molar-refractivity contribution in [2.45, 2.75) is 44.5 Å². The van der Waals surface area contributed by atoms with Crippen molar-refractivity contribution in [3.05, 3.63) is 76.6 Å². The van der Waals surface area contributed by atoms with Crippen molar-refractivity contribution in [3.8, 4) is 5.75 Å². The van der Waals surface area contributed by atoms with E-state index in [1.54, 1.807) is 10.9 Å². The first-order valence-corrected chi connectivity index (χ1v) is 11.4. The highest BCUT2D eigenvalue weighted by molar-refractivity contribution is 6.31. The van der Waals surface area contributed by atoms with Crippen molar-refractivity contribution < 1.29 is 9.53 Å². The van der Waals surface area contributed by atoms with Gasteiger partial charge in [-0.05, 0) is 43.0 Å². The number of nitrogens with one attached hydrogen (secondary N) is 1. The molecule has 2 aliphatic rings. The molecule has 1 aliphatic heterocycles. The Morgan fingerprint density at radius 1 is 1.22 bits per heavy atom. The van der Waals surface area contributed by atoms with Crippen LogP contribution >= 0.6 is 11.6 Å². The molecule has 2 aromatic carbocycles. The van der Waals surface area contributed by atoms with Crippen LogP contribution in [-0.2, 0) is 6.61 Å². The van der Waals surface area contributed by atoms with Crippen molar-refractivity contribution in [2.24, 2.45) is 0 Å². The molecule has 1 amide bonds. The summed E-state index contributed by atoms with van der Waals surface area (Å²) in [6.07, 6.45) is 3.97. The molecule has 1 N–H and O–H groups in total. The quantitative estimate of drug-likeness (QED) is 0.560. The van der Waals surface area contributed by atoms with Gasteiger partial charge in [0.25, 0.3) is 5.91 Å². The van der Waals surface area contributed by atoms with E-state index in [-0.39, 0.29) is 18.0 Å². The minimum absolute atomic E-state index is 0.100. The lowest BCUT2D eigenvalue weighted by Gasteiger charge is -2.43. The number of hydrogen-bond donors (Lipinski definition) is 1. The van der Waals surface area contributed by atoms with Crippen molar-refractivity contribution >= 4 is 17.5 Å². The number of rotatable bonds is 8. The van der Waals surface area contributed by atoms with E-state index in [0.717, 1.165) is 42.8 Å². The fraction of sp³-hybridized carbons (Fsp3) is 0.375. The molecule has 0 radical (unpaired) electrons. The van der Waals surface area contributed by atoms with Crippen molar-refractivity contribution in [3.63, 3.8) is 0 Å². The van der Waals surface area contributed by atoms with Gasteiger partial charge >= 0.3 is 0 Å². The molecule has 32 heavy (non-hydrogen) atoms. The summed E-state index contributed by atoms with van der Waals surface area (Å²) < 4.78 is 7.66. The molecule has 1 atom stereocenters. The van der Waals surface area contributed by atoms with Crippen molar-refractivity contribution in [1.82, 2.24) is 25.2 Å². The third-order valence-electron chi connectivity index (χ3n) is 6.13. The summed E-state index contributed by atoms with van der Waals surface area (Å²) >= 11 is 6.57. The van der Waals surface area contributed by atoms with Crippen LogP contribution in [0.3, 0.4) is 0 Å². The fourth-order valence-electron chi connectivity index (χ4n) is 3.95. The van der Waals surface area contributed by atoms with E-state index in [2.05, 4.69) is 27.5 Å². The Balaban J connectivity index is 1.12. The van der Waals surface area contributed by atoms with Gasteiger partial charge in [-0.2, -0.15) is 0 Å². The van der Waals surface area contributed by atoms with Gasteiger partial charge in [0.05, 0.1) is 18.3 Å². The van der Waals surface area contributed by atoms with E-state index < -0.39 is 0 Å². The first kappa shape index (κ1) is 21.0. The van der Waals surface area contributed by atoms with Gasteiger partial charge in [0.1, 0.15) is 12.4 Å². The molecule has 8 heteroatoms. The SMILES string of the molecule is CC(c1ccc(OCc2ccccc2)cc1Cl)N1CC(NC(=O)c2cn(C3CC3)nn2)C1. The molecule has 3 aromatic rings. The number of aromatic nitrogens is 3. The van der Waals surface area contributed by atoms with Gasteiger partial charge in [-0.25, -0.2) is 4.68 Å². The van der Waals surface area contributed by atoms with Gasteiger partial charge < -0.3 is 10.1 Å². The highest BCUT2D eigenvalue weighted by atomic mass is 35.5. The Labute approximate surface area is 192 Å². The molecule has 2 heterocycles. The third kappa shape index (κ3) is 4.64. The molecule has 0 bridgehead atoms. The predicted molar refractivity (Wildman–Crippen MR) is 122 cm³/mol. The number of ether oxygens (including phenoxy) is 1. The van der Waals surface area contributed by atoms with Gasteiger partial charge in [0.15, 0.2) is 5.69 Å². The Hall–Kier alpha value is -2.90. The first-order valence-electron chi connectivity index (χ1n) is 11.0. The van der Waals surface area contributed by atoms with Crippen molar-refractivity contribution in [2.75, 3.05) is 13.1 Å². The average Bonchev–Trinajstić information content (AvgIpc) is 3.51. The van der Waals surface area contributed by atoms with Gasteiger partial charge in [0.2, 0.25) is 0 Å². The highest BCUT2D eigenvalue weighted by Gasteiger charge is 2.33. The largest absolute Gasteiger partial charge is 0.489 e. The van der Waals surface area contributed by atoms with Crippen LogP contribution in [0.2, 0.25) is 5.02 Å². The Morgan fingerprint density at radius 2 is 2.00 bits per heavy atom. The first-order chi connectivity index (χ1) is 15.6. The second-order valence-corrected chi connectivity index (χ2v) is 8.98.